The fourth-order valence-electron chi connectivity index (χ4n) is 10.6. The molecule has 0 radical (unpaired) electrons. The lowest BCUT2D eigenvalue weighted by molar-refractivity contribution is -0.870. The smallest absolute Gasteiger partial charge is 0.462 e. The third-order valence-electron chi connectivity index (χ3n) is 16.3. The predicted molar refractivity (Wildman–Crippen MR) is 390 cm³/mol. The van der Waals surface area contributed by atoms with Gasteiger partial charge in [0.25, 0.3) is 0 Å². The van der Waals surface area contributed by atoms with Gasteiger partial charge in [-0.05, 0) is 96.3 Å². The molecule has 2 unspecified atom stereocenters. The summed E-state index contributed by atoms with van der Waals surface area (Å²) in [5.41, 5.74) is 0. The number of carbonyl (C=O) groups is 2. The summed E-state index contributed by atoms with van der Waals surface area (Å²) in [6.45, 7) is 4.24. The molecule has 0 aliphatic carbocycles. The molecule has 1 N–H and O–H groups in total. The van der Waals surface area contributed by atoms with Gasteiger partial charge in [-0.2, -0.15) is 0 Å². The van der Waals surface area contributed by atoms with Gasteiger partial charge in [-0.15, -0.1) is 0 Å². The molecule has 2 atom stereocenters. The van der Waals surface area contributed by atoms with Crippen molar-refractivity contribution < 1.29 is 42.1 Å². The van der Waals surface area contributed by atoms with Crippen molar-refractivity contribution in [3.8, 4) is 0 Å². The number of nitrogens with zero attached hydrogens (tertiary/aromatic N) is 1. The Balaban J connectivity index is 3.95. The minimum absolute atomic E-state index is 0.0290. The molecule has 10 heteroatoms. The van der Waals surface area contributed by atoms with Crippen LogP contribution in [0.4, 0.5) is 0 Å². The molecule has 0 amide bonds. The normalized spacial score (nSPS) is 13.7. The Bertz CT molecular complexity index is 1890. The van der Waals surface area contributed by atoms with Crippen molar-refractivity contribution in [2.24, 2.45) is 0 Å². The van der Waals surface area contributed by atoms with Crippen LogP contribution in [0.1, 0.15) is 335 Å². The maximum Gasteiger partial charge on any atom is 0.472 e. The van der Waals surface area contributed by atoms with Crippen molar-refractivity contribution in [2.75, 3.05) is 47.5 Å². The number of likely N-dealkylation sites (N-methyl/N-ethyl adjacent to an activating group) is 1. The van der Waals surface area contributed by atoms with Crippen molar-refractivity contribution in [3.63, 3.8) is 0 Å². The maximum absolute atomic E-state index is 12.9. The van der Waals surface area contributed by atoms with Crippen LogP contribution in [0.2, 0.25) is 0 Å². The fraction of sp³-hybridized carbons (Fsp3) is 0.750. The van der Waals surface area contributed by atoms with Gasteiger partial charge in [0.2, 0.25) is 0 Å². The van der Waals surface area contributed by atoms with E-state index in [0.717, 1.165) is 96.3 Å². The van der Waals surface area contributed by atoms with Gasteiger partial charge in [-0.25, -0.2) is 4.57 Å². The van der Waals surface area contributed by atoms with Crippen LogP contribution in [0, 0.1) is 0 Å². The van der Waals surface area contributed by atoms with Crippen LogP contribution in [-0.2, 0) is 32.7 Å². The Morgan fingerprint density at radius 2 is 0.600 bits per heavy atom. The van der Waals surface area contributed by atoms with Gasteiger partial charge >= 0.3 is 19.8 Å². The molecular formula is C80H143NO8P+. The first-order valence-electron chi connectivity index (χ1n) is 37.6. The summed E-state index contributed by atoms with van der Waals surface area (Å²) in [6.07, 6.45) is 99.3. The highest BCUT2D eigenvalue weighted by molar-refractivity contribution is 7.47. The van der Waals surface area contributed by atoms with Crippen molar-refractivity contribution in [3.05, 3.63) is 109 Å². The maximum atomic E-state index is 12.9. The van der Waals surface area contributed by atoms with E-state index in [-0.39, 0.29) is 32.0 Å². The zero-order valence-corrected chi connectivity index (χ0v) is 60.2. The van der Waals surface area contributed by atoms with Crippen molar-refractivity contribution in [2.45, 2.75) is 341 Å². The van der Waals surface area contributed by atoms with Crippen LogP contribution in [-0.4, -0.2) is 74.9 Å². The molecule has 90 heavy (non-hydrogen) atoms. The Labute approximate surface area is 556 Å². The summed E-state index contributed by atoms with van der Waals surface area (Å²) < 4.78 is 34.8. The topological polar surface area (TPSA) is 108 Å². The van der Waals surface area contributed by atoms with Gasteiger partial charge in [0.1, 0.15) is 19.8 Å². The lowest BCUT2D eigenvalue weighted by Crippen LogP contribution is -2.37. The molecule has 0 aromatic carbocycles. The van der Waals surface area contributed by atoms with Crippen LogP contribution in [0.5, 0.6) is 0 Å². The predicted octanol–water partition coefficient (Wildman–Crippen LogP) is 24.8. The third-order valence-corrected chi connectivity index (χ3v) is 17.3. The highest BCUT2D eigenvalue weighted by atomic mass is 31.2. The van der Waals surface area contributed by atoms with Gasteiger partial charge in [-0.1, -0.05) is 335 Å². The standard InChI is InChI=1S/C80H142NO8P/c1-6-8-10-12-14-16-18-20-22-24-26-28-30-32-34-35-36-37-38-39-40-41-42-43-44-45-47-48-50-52-54-56-58-60-62-64-66-68-70-72-79(82)86-76-78(77-88-90(84,85)87-75-74-81(3,4)5)89-80(83)73-71-69-67-65-63-61-59-57-55-53-51-49-46-33-31-29-27-25-23-21-19-17-15-13-11-9-7-2/h8-11,14-17,20-23,26-29,33,46,78H,6-7,12-13,18-19,24-25,30-32,34-45,47-77H2,1-5H3/p+1/b10-8-,11-9-,16-14-,17-15-,22-20-,23-21-,28-26-,29-27-,46-33-. The van der Waals surface area contributed by atoms with Gasteiger partial charge in [0.05, 0.1) is 27.7 Å². The molecule has 0 fully saturated rings. The first-order chi connectivity index (χ1) is 44.0. The number of unbranched alkanes of at least 4 members (excludes halogenated alkanes) is 37. The van der Waals surface area contributed by atoms with E-state index in [1.165, 1.54) is 205 Å². The second-order valence-electron chi connectivity index (χ2n) is 26.3. The summed E-state index contributed by atoms with van der Waals surface area (Å²) in [5.74, 6) is -0.790. The van der Waals surface area contributed by atoms with Crippen molar-refractivity contribution >= 4 is 19.8 Å². The summed E-state index contributed by atoms with van der Waals surface area (Å²) >= 11 is 0. The zero-order valence-electron chi connectivity index (χ0n) is 59.4. The Morgan fingerprint density at radius 1 is 0.344 bits per heavy atom. The monoisotopic (exact) mass is 1280 g/mol. The molecule has 520 valence electrons. The molecule has 0 aromatic heterocycles. The molecule has 0 heterocycles. The highest BCUT2D eigenvalue weighted by Crippen LogP contribution is 2.43. The summed E-state index contributed by atoms with van der Waals surface area (Å²) in [7, 11) is 1.48. The average Bonchev–Trinajstić information content (AvgIpc) is 3.61. The zero-order chi connectivity index (χ0) is 65.5. The minimum atomic E-state index is -4.40. The first kappa shape index (κ1) is 86.7. The number of quaternary nitrogens is 1. The largest absolute Gasteiger partial charge is 0.472 e. The molecule has 0 bridgehead atoms. The molecular weight excluding hydrogens is 1130 g/mol. The van der Waals surface area contributed by atoms with Crippen LogP contribution in [0.3, 0.4) is 0 Å². The van der Waals surface area contributed by atoms with E-state index in [9.17, 15) is 19.0 Å². The van der Waals surface area contributed by atoms with Gasteiger partial charge in [0, 0.05) is 12.8 Å². The van der Waals surface area contributed by atoms with Crippen LogP contribution >= 0.6 is 7.82 Å². The number of allylic oxidation sites excluding steroid dienone is 18. The number of hydrogen-bond acceptors (Lipinski definition) is 7. The number of carbonyl (C=O) groups excluding carboxylic acids is 2. The van der Waals surface area contributed by atoms with E-state index in [4.69, 9.17) is 18.5 Å². The van der Waals surface area contributed by atoms with Crippen LogP contribution < -0.4 is 0 Å². The minimum Gasteiger partial charge on any atom is -0.462 e. The van der Waals surface area contributed by atoms with Crippen molar-refractivity contribution in [1.29, 1.82) is 0 Å². The average molecular weight is 1280 g/mol. The number of phosphoric ester groups is 1. The fourth-order valence-corrected chi connectivity index (χ4v) is 11.4. The van der Waals surface area contributed by atoms with E-state index >= 15 is 0 Å². The van der Waals surface area contributed by atoms with Gasteiger partial charge in [0.15, 0.2) is 6.10 Å². The first-order valence-corrected chi connectivity index (χ1v) is 39.1. The quantitative estimate of drug-likeness (QED) is 0.0211. The van der Waals surface area contributed by atoms with Crippen LogP contribution in [0.15, 0.2) is 109 Å². The lowest BCUT2D eigenvalue weighted by Gasteiger charge is -2.24. The molecule has 9 nitrogen and oxygen atoms in total. The molecule has 0 saturated heterocycles. The molecule has 0 saturated carbocycles. The molecule has 0 rings (SSSR count). The SMILES string of the molecule is CC/C=C\C/C=C\C/C=C\C/C=C\C/C=C\CCCCCCCCCCCCCC(=O)OC(COC(=O)CCCCCCCCCCCCCCCCCCCCCCCCCCCC/C=C\C/C=C\C/C=C\C/C=C\CC)COP(=O)(O)OCC[N+](C)(C)C. The van der Waals surface area contributed by atoms with Crippen LogP contribution in [0.25, 0.3) is 0 Å². The van der Waals surface area contributed by atoms with Gasteiger partial charge < -0.3 is 18.9 Å². The highest BCUT2D eigenvalue weighted by Gasteiger charge is 2.27. The number of rotatable bonds is 69. The Kier molecular flexibility index (Phi) is 67.4. The number of hydrogen-bond donors (Lipinski definition) is 1. The third kappa shape index (κ3) is 73.7. The van der Waals surface area contributed by atoms with Crippen molar-refractivity contribution in [1.82, 2.24) is 0 Å². The van der Waals surface area contributed by atoms with E-state index < -0.39 is 26.5 Å². The van der Waals surface area contributed by atoms with E-state index in [1.54, 1.807) is 0 Å². The molecule has 0 aliphatic rings. The molecule has 0 aliphatic heterocycles. The van der Waals surface area contributed by atoms with E-state index in [2.05, 4.69) is 123 Å². The summed E-state index contributed by atoms with van der Waals surface area (Å²) in [4.78, 5) is 35.9. The second kappa shape index (κ2) is 70.0. The lowest BCUT2D eigenvalue weighted by atomic mass is 10.0. The molecule has 0 spiro atoms. The summed E-state index contributed by atoms with van der Waals surface area (Å²) in [5, 5.41) is 0. The Hall–Kier alpha value is -3.33. The van der Waals surface area contributed by atoms with E-state index in [1.807, 2.05) is 21.1 Å². The molecule has 0 aromatic rings. The Morgan fingerprint density at radius 3 is 0.889 bits per heavy atom. The summed E-state index contributed by atoms with van der Waals surface area (Å²) in [6, 6.07) is 0. The number of ether oxygens (including phenoxy) is 2. The second-order valence-corrected chi connectivity index (χ2v) is 27.7. The number of esters is 2. The van der Waals surface area contributed by atoms with Gasteiger partial charge in [-0.3, -0.25) is 18.6 Å². The number of phosphoric acid groups is 1. The van der Waals surface area contributed by atoms with E-state index in [0.29, 0.717) is 17.4 Å².